The van der Waals surface area contributed by atoms with Gasteiger partial charge in [-0.15, -0.1) is 0 Å². The lowest BCUT2D eigenvalue weighted by atomic mass is 10.0. The number of carbonyl (C=O) groups is 2. The Morgan fingerprint density at radius 1 is 1.41 bits per heavy atom. The normalized spacial score (nSPS) is 18.1. The molecule has 1 saturated carbocycles. The Balaban J connectivity index is 2.31. The summed E-state index contributed by atoms with van der Waals surface area (Å²) in [6.45, 7) is 0.513. The number of alkyl carbamates (subject to hydrolysis) is 1. The minimum Gasteiger partial charge on any atom is -0.453 e. The number of ether oxygens (including phenoxy) is 1. The van der Waals surface area contributed by atoms with Gasteiger partial charge in [-0.1, -0.05) is 12.8 Å². The number of amides is 2. The molecular formula is C11H20N2O4. The van der Waals surface area contributed by atoms with Gasteiger partial charge < -0.3 is 9.84 Å². The fourth-order valence-electron chi connectivity index (χ4n) is 2.20. The van der Waals surface area contributed by atoms with Crippen LogP contribution in [0.3, 0.4) is 0 Å². The molecular weight excluding hydrogens is 224 g/mol. The number of methoxy groups -OCH3 is 1. The largest absolute Gasteiger partial charge is 0.453 e. The first-order valence-electron chi connectivity index (χ1n) is 5.74. The lowest BCUT2D eigenvalue weighted by Gasteiger charge is -2.27. The summed E-state index contributed by atoms with van der Waals surface area (Å²) in [6, 6.07) is 0. The molecule has 0 radical (unpaired) electrons. The second-order valence-electron chi connectivity index (χ2n) is 4.64. The van der Waals surface area contributed by atoms with Crippen LogP contribution in [0.5, 0.6) is 0 Å². The highest BCUT2D eigenvalue weighted by atomic mass is 16.5. The molecule has 98 valence electrons. The number of imide groups is 1. The number of aliphatic hydroxyl groups is 1. The zero-order valence-corrected chi connectivity index (χ0v) is 10.4. The van der Waals surface area contributed by atoms with Gasteiger partial charge in [-0.25, -0.2) is 4.79 Å². The highest BCUT2D eigenvalue weighted by Crippen LogP contribution is 2.29. The van der Waals surface area contributed by atoms with Crippen LogP contribution in [0.15, 0.2) is 0 Å². The van der Waals surface area contributed by atoms with Gasteiger partial charge in [0.25, 0.3) is 0 Å². The molecule has 6 heteroatoms. The molecule has 0 heterocycles. The molecule has 1 aliphatic carbocycles. The van der Waals surface area contributed by atoms with Gasteiger partial charge in [-0.05, 0) is 19.9 Å². The molecule has 0 atom stereocenters. The molecule has 0 aromatic carbocycles. The lowest BCUT2D eigenvalue weighted by Crippen LogP contribution is -2.44. The number of hydrogen-bond acceptors (Lipinski definition) is 5. The van der Waals surface area contributed by atoms with Crippen molar-refractivity contribution < 1.29 is 19.4 Å². The maximum atomic E-state index is 11.4. The van der Waals surface area contributed by atoms with E-state index in [0.717, 1.165) is 25.7 Å². The lowest BCUT2D eigenvalue weighted by molar-refractivity contribution is -0.121. The molecule has 0 bridgehead atoms. The van der Waals surface area contributed by atoms with E-state index >= 15 is 0 Å². The van der Waals surface area contributed by atoms with Crippen molar-refractivity contribution in [1.82, 2.24) is 10.2 Å². The Morgan fingerprint density at radius 2 is 2.00 bits per heavy atom. The van der Waals surface area contributed by atoms with Crippen LogP contribution in [0.4, 0.5) is 4.79 Å². The van der Waals surface area contributed by atoms with Crippen LogP contribution >= 0.6 is 0 Å². The van der Waals surface area contributed by atoms with E-state index in [4.69, 9.17) is 0 Å². The maximum absolute atomic E-state index is 11.4. The first-order chi connectivity index (χ1) is 7.95. The third-order valence-electron chi connectivity index (χ3n) is 2.94. The number of carbonyl (C=O) groups excluding carboxylic acids is 2. The standard InChI is InChI=1S/C11H20N2O4/c1-13(7-9(14)12-10(15)17-2)8-11(16)5-3-4-6-11/h16H,3-8H2,1-2H3,(H,12,14,15). The average molecular weight is 244 g/mol. The molecule has 0 unspecified atom stereocenters. The molecule has 1 rings (SSSR count). The quantitative estimate of drug-likeness (QED) is 0.733. The fourth-order valence-corrected chi connectivity index (χ4v) is 2.20. The number of likely N-dealkylation sites (N-methyl/N-ethyl adjacent to an activating group) is 1. The number of rotatable bonds is 4. The average Bonchev–Trinajstić information content (AvgIpc) is 2.63. The van der Waals surface area contributed by atoms with E-state index in [2.05, 4.69) is 10.1 Å². The van der Waals surface area contributed by atoms with E-state index < -0.39 is 17.6 Å². The van der Waals surface area contributed by atoms with Gasteiger partial charge in [0.15, 0.2) is 0 Å². The Kier molecular flexibility index (Phi) is 4.89. The SMILES string of the molecule is COC(=O)NC(=O)CN(C)CC1(O)CCCC1. The van der Waals surface area contributed by atoms with Gasteiger partial charge in [0.2, 0.25) is 5.91 Å². The second kappa shape index (κ2) is 5.97. The van der Waals surface area contributed by atoms with Crippen molar-refractivity contribution in [2.45, 2.75) is 31.3 Å². The molecule has 17 heavy (non-hydrogen) atoms. The molecule has 0 spiro atoms. The van der Waals surface area contributed by atoms with Crippen LogP contribution in [-0.2, 0) is 9.53 Å². The summed E-state index contributed by atoms with van der Waals surface area (Å²) in [4.78, 5) is 23.9. The molecule has 0 aromatic rings. The molecule has 0 aliphatic heterocycles. The Labute approximate surface area is 101 Å². The Bertz CT molecular complexity index is 287. The monoisotopic (exact) mass is 244 g/mol. The van der Waals surface area contributed by atoms with Gasteiger partial charge >= 0.3 is 6.09 Å². The summed E-state index contributed by atoms with van der Waals surface area (Å²) < 4.78 is 4.32. The number of hydrogen-bond donors (Lipinski definition) is 2. The minimum absolute atomic E-state index is 0.0669. The molecule has 2 amide bonds. The van der Waals surface area contributed by atoms with Crippen molar-refractivity contribution in [3.05, 3.63) is 0 Å². The van der Waals surface area contributed by atoms with Crippen molar-refractivity contribution in [3.63, 3.8) is 0 Å². The van der Waals surface area contributed by atoms with E-state index in [-0.39, 0.29) is 6.54 Å². The van der Waals surface area contributed by atoms with Crippen LogP contribution in [0.2, 0.25) is 0 Å². The first kappa shape index (κ1) is 13.9. The van der Waals surface area contributed by atoms with Gasteiger partial charge in [0, 0.05) is 6.54 Å². The summed E-state index contributed by atoms with van der Waals surface area (Å²) in [5.74, 6) is -0.430. The van der Waals surface area contributed by atoms with Crippen LogP contribution in [0.1, 0.15) is 25.7 Å². The first-order valence-corrected chi connectivity index (χ1v) is 5.74. The summed E-state index contributed by atoms with van der Waals surface area (Å²) in [7, 11) is 2.95. The fraction of sp³-hybridized carbons (Fsp3) is 0.818. The van der Waals surface area contributed by atoms with Crippen molar-refractivity contribution in [2.24, 2.45) is 0 Å². The smallest absolute Gasteiger partial charge is 0.413 e. The van der Waals surface area contributed by atoms with Gasteiger partial charge in [-0.3, -0.25) is 15.0 Å². The zero-order valence-electron chi connectivity index (χ0n) is 10.4. The molecule has 0 aromatic heterocycles. The van der Waals surface area contributed by atoms with E-state index in [0.29, 0.717) is 6.54 Å². The van der Waals surface area contributed by atoms with Crippen molar-refractivity contribution in [3.8, 4) is 0 Å². The predicted molar refractivity (Wildman–Crippen MR) is 61.5 cm³/mol. The summed E-state index contributed by atoms with van der Waals surface area (Å²) in [5.41, 5.74) is -0.680. The third kappa shape index (κ3) is 4.70. The predicted octanol–water partition coefficient (Wildman–Crippen LogP) is 0.106. The van der Waals surface area contributed by atoms with Crippen LogP contribution in [-0.4, -0.2) is 54.9 Å². The summed E-state index contributed by atoms with van der Waals surface area (Å²) in [5, 5.41) is 12.2. The third-order valence-corrected chi connectivity index (χ3v) is 2.94. The second-order valence-corrected chi connectivity index (χ2v) is 4.64. The molecule has 0 saturated heterocycles. The number of nitrogens with zero attached hydrogens (tertiary/aromatic N) is 1. The highest BCUT2D eigenvalue weighted by Gasteiger charge is 2.32. The van der Waals surface area contributed by atoms with Crippen LogP contribution in [0.25, 0.3) is 0 Å². The zero-order chi connectivity index (χ0) is 12.9. The Hall–Kier alpha value is -1.14. The van der Waals surface area contributed by atoms with E-state index in [9.17, 15) is 14.7 Å². The van der Waals surface area contributed by atoms with E-state index in [1.807, 2.05) is 0 Å². The Morgan fingerprint density at radius 3 is 2.53 bits per heavy atom. The molecule has 6 nitrogen and oxygen atoms in total. The summed E-state index contributed by atoms with van der Waals surface area (Å²) in [6.07, 6.45) is 2.84. The molecule has 1 aliphatic rings. The number of nitrogens with one attached hydrogen (secondary N) is 1. The van der Waals surface area contributed by atoms with Gasteiger partial charge in [0.1, 0.15) is 0 Å². The van der Waals surface area contributed by atoms with Gasteiger partial charge in [0.05, 0.1) is 19.3 Å². The highest BCUT2D eigenvalue weighted by molar-refractivity contribution is 5.92. The van der Waals surface area contributed by atoms with Gasteiger partial charge in [-0.2, -0.15) is 0 Å². The van der Waals surface area contributed by atoms with Crippen LogP contribution in [0, 0.1) is 0 Å². The molecule has 1 fully saturated rings. The topological polar surface area (TPSA) is 78.9 Å². The van der Waals surface area contributed by atoms with E-state index in [1.54, 1.807) is 11.9 Å². The molecule has 2 N–H and O–H groups in total. The van der Waals surface area contributed by atoms with Crippen LogP contribution < -0.4 is 5.32 Å². The van der Waals surface area contributed by atoms with Crippen molar-refractivity contribution >= 4 is 12.0 Å². The maximum Gasteiger partial charge on any atom is 0.413 e. The van der Waals surface area contributed by atoms with Crippen molar-refractivity contribution in [2.75, 3.05) is 27.2 Å². The van der Waals surface area contributed by atoms with E-state index in [1.165, 1.54) is 7.11 Å². The summed E-state index contributed by atoms with van der Waals surface area (Å²) >= 11 is 0. The minimum atomic E-state index is -0.761. The van der Waals surface area contributed by atoms with Crippen molar-refractivity contribution in [1.29, 1.82) is 0 Å².